The molecule has 3 rings (SSSR count). The Morgan fingerprint density at radius 2 is 1.82 bits per heavy atom. The van der Waals surface area contributed by atoms with Gasteiger partial charge in [-0.05, 0) is 38.3 Å². The highest BCUT2D eigenvalue weighted by Crippen LogP contribution is 2.44. The third-order valence-corrected chi connectivity index (χ3v) is 7.63. The fourth-order valence-electron chi connectivity index (χ4n) is 4.39. The number of carbonyl (C=O) groups is 2. The summed E-state index contributed by atoms with van der Waals surface area (Å²) >= 11 is 1.91. The average Bonchev–Trinajstić information content (AvgIpc) is 3.10. The summed E-state index contributed by atoms with van der Waals surface area (Å²) in [4.78, 5) is 29.7. The summed E-state index contributed by atoms with van der Waals surface area (Å²) in [7, 11) is 0. The summed E-state index contributed by atoms with van der Waals surface area (Å²) in [5.41, 5.74) is 1.90. The van der Waals surface area contributed by atoms with Crippen molar-refractivity contribution in [1.29, 1.82) is 0 Å². The zero-order valence-electron chi connectivity index (χ0n) is 17.4. The van der Waals surface area contributed by atoms with Crippen molar-refractivity contribution in [3.05, 3.63) is 35.4 Å². The highest BCUT2D eigenvalue weighted by Gasteiger charge is 2.46. The average molecular weight is 403 g/mol. The lowest BCUT2D eigenvalue weighted by Gasteiger charge is -2.44. The van der Waals surface area contributed by atoms with Crippen LogP contribution >= 0.6 is 11.8 Å². The molecule has 0 aromatic heterocycles. The molecule has 1 spiro atoms. The van der Waals surface area contributed by atoms with Crippen molar-refractivity contribution < 1.29 is 9.59 Å². The van der Waals surface area contributed by atoms with E-state index in [-0.39, 0.29) is 10.8 Å². The molecule has 0 bridgehead atoms. The minimum atomic E-state index is -0.126. The van der Waals surface area contributed by atoms with Crippen LogP contribution in [0.5, 0.6) is 0 Å². The van der Waals surface area contributed by atoms with Crippen LogP contribution in [0.2, 0.25) is 0 Å². The van der Waals surface area contributed by atoms with Gasteiger partial charge in [0.05, 0.1) is 4.87 Å². The van der Waals surface area contributed by atoms with Crippen LogP contribution < -0.4 is 0 Å². The molecule has 154 valence electrons. The molecule has 2 amide bonds. The summed E-state index contributed by atoms with van der Waals surface area (Å²) in [6.45, 7) is 6.60. The van der Waals surface area contributed by atoms with E-state index in [1.807, 2.05) is 47.9 Å². The molecule has 2 saturated heterocycles. The van der Waals surface area contributed by atoms with Gasteiger partial charge in [0.2, 0.25) is 5.91 Å². The van der Waals surface area contributed by atoms with E-state index in [1.165, 1.54) is 19.3 Å². The van der Waals surface area contributed by atoms with Gasteiger partial charge in [-0.25, -0.2) is 0 Å². The summed E-state index contributed by atoms with van der Waals surface area (Å²) in [5, 5.41) is 0. The minimum absolute atomic E-state index is 0.126. The van der Waals surface area contributed by atoms with Crippen molar-refractivity contribution in [2.45, 2.75) is 70.1 Å². The third-order valence-electron chi connectivity index (χ3n) is 6.08. The Kier molecular flexibility index (Phi) is 7.44. The molecule has 1 aromatic carbocycles. The summed E-state index contributed by atoms with van der Waals surface area (Å²) in [5.74, 6) is 1.43. The van der Waals surface area contributed by atoms with Gasteiger partial charge >= 0.3 is 0 Å². The molecule has 1 aromatic rings. The fraction of sp³-hybridized carbons (Fsp3) is 0.652. The Morgan fingerprint density at radius 1 is 1.07 bits per heavy atom. The number of aryl methyl sites for hydroxylation is 1. The summed E-state index contributed by atoms with van der Waals surface area (Å²) in [6.07, 6.45) is 8.35. The van der Waals surface area contributed by atoms with E-state index in [0.29, 0.717) is 12.3 Å². The molecular weight excluding hydrogens is 368 g/mol. The molecule has 0 atom stereocenters. The molecular formula is C23H34N2O2S. The van der Waals surface area contributed by atoms with Gasteiger partial charge in [-0.2, -0.15) is 0 Å². The predicted molar refractivity (Wildman–Crippen MR) is 117 cm³/mol. The number of benzene rings is 1. The molecule has 2 aliphatic rings. The standard InChI is InChI=1S/C23H34N2O2S/c1-3-4-5-6-7-11-21(26)24-14-12-23(13-15-24)25(16-17-28-23)22(27)20-10-8-9-19(2)18-20/h8-10,18H,3-7,11-17H2,1-2H3. The molecule has 2 aliphatic heterocycles. The highest BCUT2D eigenvalue weighted by atomic mass is 32.2. The van der Waals surface area contributed by atoms with Gasteiger partial charge in [0.1, 0.15) is 0 Å². The van der Waals surface area contributed by atoms with Gasteiger partial charge in [0.25, 0.3) is 5.91 Å². The number of piperidine rings is 1. The number of hydrogen-bond donors (Lipinski definition) is 0. The van der Waals surface area contributed by atoms with Crippen molar-refractivity contribution in [2.24, 2.45) is 0 Å². The molecule has 0 saturated carbocycles. The van der Waals surface area contributed by atoms with E-state index < -0.39 is 0 Å². The van der Waals surface area contributed by atoms with Crippen LogP contribution in [-0.4, -0.2) is 51.9 Å². The van der Waals surface area contributed by atoms with Crippen LogP contribution in [-0.2, 0) is 4.79 Å². The van der Waals surface area contributed by atoms with Crippen molar-refractivity contribution in [1.82, 2.24) is 9.80 Å². The fourth-order valence-corrected chi connectivity index (χ4v) is 5.84. The maximum atomic E-state index is 13.1. The van der Waals surface area contributed by atoms with Gasteiger partial charge in [0, 0.05) is 37.4 Å². The first-order valence-electron chi connectivity index (χ1n) is 10.9. The van der Waals surface area contributed by atoms with Crippen LogP contribution in [0.3, 0.4) is 0 Å². The molecule has 0 N–H and O–H groups in total. The molecule has 0 radical (unpaired) electrons. The van der Waals surface area contributed by atoms with Crippen molar-refractivity contribution in [3.8, 4) is 0 Å². The van der Waals surface area contributed by atoms with E-state index in [9.17, 15) is 9.59 Å². The van der Waals surface area contributed by atoms with Gasteiger partial charge in [-0.15, -0.1) is 11.8 Å². The first kappa shape index (κ1) is 21.2. The number of amides is 2. The summed E-state index contributed by atoms with van der Waals surface area (Å²) < 4.78 is 0. The maximum Gasteiger partial charge on any atom is 0.255 e. The Bertz CT molecular complexity index is 683. The molecule has 2 heterocycles. The number of rotatable bonds is 7. The van der Waals surface area contributed by atoms with Crippen LogP contribution in [0, 0.1) is 6.92 Å². The molecule has 0 unspecified atom stereocenters. The van der Waals surface area contributed by atoms with Crippen LogP contribution in [0.4, 0.5) is 0 Å². The SMILES string of the molecule is CCCCCCCC(=O)N1CCC2(CC1)SCCN2C(=O)c1cccc(C)c1. The lowest BCUT2D eigenvalue weighted by molar-refractivity contribution is -0.132. The Morgan fingerprint density at radius 3 is 2.54 bits per heavy atom. The molecule has 28 heavy (non-hydrogen) atoms. The number of carbonyl (C=O) groups excluding carboxylic acids is 2. The van der Waals surface area contributed by atoms with Crippen LogP contribution in [0.25, 0.3) is 0 Å². The summed E-state index contributed by atoms with van der Waals surface area (Å²) in [6, 6.07) is 7.89. The number of thioether (sulfide) groups is 1. The van der Waals surface area contributed by atoms with E-state index in [1.54, 1.807) is 0 Å². The second-order valence-electron chi connectivity index (χ2n) is 8.17. The van der Waals surface area contributed by atoms with Gasteiger partial charge in [0.15, 0.2) is 0 Å². The molecule has 4 nitrogen and oxygen atoms in total. The Hall–Kier alpha value is -1.49. The normalized spacial score (nSPS) is 18.6. The first-order chi connectivity index (χ1) is 13.6. The molecule has 5 heteroatoms. The smallest absolute Gasteiger partial charge is 0.255 e. The van der Waals surface area contributed by atoms with Crippen molar-refractivity contribution in [3.63, 3.8) is 0 Å². The van der Waals surface area contributed by atoms with E-state index in [0.717, 1.165) is 62.2 Å². The van der Waals surface area contributed by atoms with Crippen LogP contribution in [0.1, 0.15) is 74.2 Å². The quantitative estimate of drug-likeness (QED) is 0.611. The van der Waals surface area contributed by atoms with E-state index >= 15 is 0 Å². The topological polar surface area (TPSA) is 40.6 Å². The molecule has 2 fully saturated rings. The number of likely N-dealkylation sites (tertiary alicyclic amines) is 1. The lowest BCUT2D eigenvalue weighted by Crippen LogP contribution is -2.53. The van der Waals surface area contributed by atoms with Crippen molar-refractivity contribution >= 4 is 23.6 Å². The molecule has 0 aliphatic carbocycles. The lowest BCUT2D eigenvalue weighted by atomic mass is 10.00. The Balaban J connectivity index is 1.54. The predicted octanol–water partition coefficient (Wildman–Crippen LogP) is 4.86. The second-order valence-corrected chi connectivity index (χ2v) is 9.62. The first-order valence-corrected chi connectivity index (χ1v) is 11.8. The number of unbranched alkanes of at least 4 members (excludes halogenated alkanes) is 4. The number of nitrogens with zero attached hydrogens (tertiary/aromatic N) is 2. The third kappa shape index (κ3) is 4.91. The number of hydrogen-bond acceptors (Lipinski definition) is 3. The van der Waals surface area contributed by atoms with Gasteiger partial charge in [-0.1, -0.05) is 50.3 Å². The van der Waals surface area contributed by atoms with E-state index in [2.05, 4.69) is 11.8 Å². The van der Waals surface area contributed by atoms with E-state index in [4.69, 9.17) is 0 Å². The maximum absolute atomic E-state index is 13.1. The van der Waals surface area contributed by atoms with Crippen molar-refractivity contribution in [2.75, 3.05) is 25.4 Å². The Labute approximate surface area is 174 Å². The van der Waals surface area contributed by atoms with Crippen LogP contribution in [0.15, 0.2) is 24.3 Å². The second kappa shape index (κ2) is 9.82. The minimum Gasteiger partial charge on any atom is -0.342 e. The zero-order chi connectivity index (χ0) is 20.0. The van der Waals surface area contributed by atoms with Gasteiger partial charge in [-0.3, -0.25) is 9.59 Å². The highest BCUT2D eigenvalue weighted by molar-refractivity contribution is 8.00. The van der Waals surface area contributed by atoms with Gasteiger partial charge < -0.3 is 9.80 Å². The zero-order valence-corrected chi connectivity index (χ0v) is 18.2. The largest absolute Gasteiger partial charge is 0.342 e. The monoisotopic (exact) mass is 402 g/mol.